The van der Waals surface area contributed by atoms with Crippen LogP contribution in [0.4, 0.5) is 4.79 Å². The Morgan fingerprint density at radius 2 is 1.89 bits per heavy atom. The molecule has 0 unspecified atom stereocenters. The lowest BCUT2D eigenvalue weighted by atomic mass is 9.95. The van der Waals surface area contributed by atoms with Crippen LogP contribution >= 0.6 is 0 Å². The maximum absolute atomic E-state index is 11.4. The molecule has 0 aliphatic carbocycles. The van der Waals surface area contributed by atoms with Gasteiger partial charge in [-0.3, -0.25) is 10.1 Å². The van der Waals surface area contributed by atoms with Crippen LogP contribution in [0.1, 0.15) is 25.0 Å². The van der Waals surface area contributed by atoms with E-state index in [1.165, 1.54) is 4.90 Å². The lowest BCUT2D eigenvalue weighted by molar-refractivity contribution is -0.118. The molecule has 0 saturated carbocycles. The van der Waals surface area contributed by atoms with Crippen LogP contribution in [0.15, 0.2) is 24.3 Å². The highest BCUT2D eigenvalue weighted by Gasteiger charge is 2.26. The molecule has 18 heavy (non-hydrogen) atoms. The number of imide groups is 1. The number of hydrogen-bond acceptors (Lipinski definition) is 3. The van der Waals surface area contributed by atoms with E-state index in [0.717, 1.165) is 11.1 Å². The molecular weight excluding hydrogens is 230 g/mol. The largest absolute Gasteiger partial charge is 0.324 e. The third kappa shape index (κ3) is 2.68. The molecule has 1 aromatic carbocycles. The Bertz CT molecular complexity index is 474. The Hall–Kier alpha value is -1.88. The van der Waals surface area contributed by atoms with Crippen LogP contribution in [-0.2, 0) is 16.9 Å². The van der Waals surface area contributed by atoms with Gasteiger partial charge in [-0.25, -0.2) is 4.79 Å². The Morgan fingerprint density at radius 1 is 1.28 bits per heavy atom. The minimum absolute atomic E-state index is 0.128. The zero-order chi connectivity index (χ0) is 13.3. The first-order valence-electron chi connectivity index (χ1n) is 5.83. The molecule has 0 bridgehead atoms. The number of nitrogens with zero attached hydrogens (tertiary/aromatic N) is 1. The Balaban J connectivity index is 2.07. The molecule has 0 atom stereocenters. The minimum atomic E-state index is -0.375. The highest BCUT2D eigenvalue weighted by Crippen LogP contribution is 2.18. The number of benzene rings is 1. The Kier molecular flexibility index (Phi) is 3.09. The summed E-state index contributed by atoms with van der Waals surface area (Å²) in [5.41, 5.74) is 7.63. The number of nitrogens with one attached hydrogen (secondary N) is 1. The zero-order valence-corrected chi connectivity index (χ0v) is 10.6. The van der Waals surface area contributed by atoms with Crippen LogP contribution in [0.25, 0.3) is 0 Å². The molecule has 3 amide bonds. The van der Waals surface area contributed by atoms with Gasteiger partial charge in [0.15, 0.2) is 0 Å². The van der Waals surface area contributed by atoms with Crippen molar-refractivity contribution in [2.24, 2.45) is 5.73 Å². The summed E-state index contributed by atoms with van der Waals surface area (Å²) in [5, 5.41) is 2.25. The standard InChI is InChI=1S/C13H17N3O2/c1-13(2,14)10-5-3-9(4-6-10)7-16-8-11(17)15-12(16)18/h3-6H,7-8,14H2,1-2H3,(H,15,17,18). The van der Waals surface area contributed by atoms with E-state index < -0.39 is 0 Å². The predicted molar refractivity (Wildman–Crippen MR) is 67.6 cm³/mol. The molecule has 1 aromatic rings. The number of amides is 3. The normalized spacial score (nSPS) is 16.1. The van der Waals surface area contributed by atoms with E-state index in [0.29, 0.717) is 6.54 Å². The minimum Gasteiger partial charge on any atom is -0.322 e. The van der Waals surface area contributed by atoms with Gasteiger partial charge in [0, 0.05) is 12.1 Å². The molecule has 96 valence electrons. The van der Waals surface area contributed by atoms with Crippen molar-refractivity contribution >= 4 is 11.9 Å². The molecule has 5 nitrogen and oxygen atoms in total. The molecule has 5 heteroatoms. The van der Waals surface area contributed by atoms with Gasteiger partial charge in [-0.1, -0.05) is 24.3 Å². The van der Waals surface area contributed by atoms with E-state index in [-0.39, 0.29) is 24.0 Å². The third-order valence-corrected chi connectivity index (χ3v) is 2.94. The monoisotopic (exact) mass is 247 g/mol. The van der Waals surface area contributed by atoms with Gasteiger partial charge >= 0.3 is 6.03 Å². The summed E-state index contributed by atoms with van der Waals surface area (Å²) in [6.45, 7) is 4.44. The van der Waals surface area contributed by atoms with Crippen LogP contribution < -0.4 is 11.1 Å². The van der Waals surface area contributed by atoms with Crippen molar-refractivity contribution in [3.05, 3.63) is 35.4 Å². The fourth-order valence-corrected chi connectivity index (χ4v) is 1.87. The Labute approximate surface area is 106 Å². The molecule has 0 radical (unpaired) electrons. The van der Waals surface area contributed by atoms with Crippen molar-refractivity contribution in [1.82, 2.24) is 10.2 Å². The highest BCUT2D eigenvalue weighted by molar-refractivity contribution is 6.01. The fourth-order valence-electron chi connectivity index (χ4n) is 1.87. The SMILES string of the molecule is CC(C)(N)c1ccc(CN2CC(=O)NC2=O)cc1. The molecule has 1 aliphatic rings. The van der Waals surface area contributed by atoms with Crippen molar-refractivity contribution in [2.75, 3.05) is 6.54 Å². The summed E-state index contributed by atoms with van der Waals surface area (Å²) < 4.78 is 0. The second kappa shape index (κ2) is 4.42. The summed E-state index contributed by atoms with van der Waals surface area (Å²) in [5.74, 6) is -0.250. The number of nitrogens with two attached hydrogens (primary N) is 1. The van der Waals surface area contributed by atoms with Gasteiger partial charge in [0.2, 0.25) is 5.91 Å². The van der Waals surface area contributed by atoms with Gasteiger partial charge in [0.05, 0.1) is 0 Å². The number of carbonyl (C=O) groups is 2. The molecule has 1 aliphatic heterocycles. The zero-order valence-electron chi connectivity index (χ0n) is 10.6. The number of carbonyl (C=O) groups excluding carboxylic acids is 2. The average Bonchev–Trinajstić information content (AvgIpc) is 2.57. The van der Waals surface area contributed by atoms with Gasteiger partial charge in [-0.2, -0.15) is 0 Å². The van der Waals surface area contributed by atoms with E-state index in [9.17, 15) is 9.59 Å². The highest BCUT2D eigenvalue weighted by atomic mass is 16.2. The number of urea groups is 1. The van der Waals surface area contributed by atoms with Gasteiger partial charge in [0.1, 0.15) is 6.54 Å². The van der Waals surface area contributed by atoms with Crippen LogP contribution in [-0.4, -0.2) is 23.4 Å². The van der Waals surface area contributed by atoms with Crippen molar-refractivity contribution in [2.45, 2.75) is 25.9 Å². The molecule has 3 N–H and O–H groups in total. The lowest BCUT2D eigenvalue weighted by Crippen LogP contribution is -2.29. The summed E-state index contributed by atoms with van der Waals surface area (Å²) >= 11 is 0. The predicted octanol–water partition coefficient (Wildman–Crippen LogP) is 0.932. The van der Waals surface area contributed by atoms with Crippen molar-refractivity contribution in [3.8, 4) is 0 Å². The van der Waals surface area contributed by atoms with Crippen molar-refractivity contribution in [1.29, 1.82) is 0 Å². The summed E-state index contributed by atoms with van der Waals surface area (Å²) in [4.78, 5) is 23.9. The second-order valence-corrected chi connectivity index (χ2v) is 5.13. The van der Waals surface area contributed by atoms with Crippen molar-refractivity contribution < 1.29 is 9.59 Å². The average molecular weight is 247 g/mol. The molecule has 0 spiro atoms. The maximum atomic E-state index is 11.4. The first-order valence-corrected chi connectivity index (χ1v) is 5.83. The van der Waals surface area contributed by atoms with Gasteiger partial charge < -0.3 is 10.6 Å². The molecule has 0 aromatic heterocycles. The van der Waals surface area contributed by atoms with E-state index in [1.54, 1.807) is 0 Å². The van der Waals surface area contributed by atoms with Crippen LogP contribution in [0.2, 0.25) is 0 Å². The fraction of sp³-hybridized carbons (Fsp3) is 0.385. The molecular formula is C13H17N3O2. The van der Waals surface area contributed by atoms with E-state index in [1.807, 2.05) is 38.1 Å². The second-order valence-electron chi connectivity index (χ2n) is 5.13. The molecule has 2 rings (SSSR count). The summed E-state index contributed by atoms with van der Waals surface area (Å²) in [7, 11) is 0. The van der Waals surface area contributed by atoms with Crippen LogP contribution in [0.3, 0.4) is 0 Å². The lowest BCUT2D eigenvalue weighted by Gasteiger charge is -2.20. The smallest absolute Gasteiger partial charge is 0.322 e. The number of rotatable bonds is 3. The van der Waals surface area contributed by atoms with E-state index >= 15 is 0 Å². The van der Waals surface area contributed by atoms with E-state index in [4.69, 9.17) is 5.73 Å². The maximum Gasteiger partial charge on any atom is 0.324 e. The van der Waals surface area contributed by atoms with Crippen LogP contribution in [0.5, 0.6) is 0 Å². The van der Waals surface area contributed by atoms with Crippen molar-refractivity contribution in [3.63, 3.8) is 0 Å². The summed E-state index contributed by atoms with van der Waals surface area (Å²) in [6, 6.07) is 7.43. The van der Waals surface area contributed by atoms with Gasteiger partial charge in [-0.15, -0.1) is 0 Å². The molecule has 1 heterocycles. The van der Waals surface area contributed by atoms with Gasteiger partial charge in [0.25, 0.3) is 0 Å². The summed E-state index contributed by atoms with van der Waals surface area (Å²) in [6.07, 6.45) is 0. The quantitative estimate of drug-likeness (QED) is 0.780. The van der Waals surface area contributed by atoms with Crippen LogP contribution in [0, 0.1) is 0 Å². The number of hydrogen-bond donors (Lipinski definition) is 2. The molecule has 1 fully saturated rings. The van der Waals surface area contributed by atoms with Gasteiger partial charge in [-0.05, 0) is 25.0 Å². The Morgan fingerprint density at radius 3 is 2.33 bits per heavy atom. The first-order chi connectivity index (χ1) is 8.36. The first kappa shape index (κ1) is 12.6. The van der Waals surface area contributed by atoms with E-state index in [2.05, 4.69) is 5.32 Å². The third-order valence-electron chi connectivity index (χ3n) is 2.94. The topological polar surface area (TPSA) is 75.4 Å². The molecule has 1 saturated heterocycles.